The van der Waals surface area contributed by atoms with Gasteiger partial charge in [-0.05, 0) is 49.1 Å². The first-order chi connectivity index (χ1) is 15.4. The third-order valence-electron chi connectivity index (χ3n) is 5.67. The number of benzene rings is 2. The number of aryl methyl sites for hydroxylation is 1. The number of anilines is 1. The minimum absolute atomic E-state index is 0.115. The monoisotopic (exact) mass is 489 g/mol. The lowest BCUT2D eigenvalue weighted by molar-refractivity contribution is -0.120. The lowest BCUT2D eigenvalue weighted by Crippen LogP contribution is -2.41. The Morgan fingerprint density at radius 1 is 1.12 bits per heavy atom. The quantitative estimate of drug-likeness (QED) is 0.524. The van der Waals surface area contributed by atoms with E-state index >= 15 is 0 Å². The number of halogens is 1. The fraction of sp³-hybridized carbons (Fsp3) is 0.304. The highest BCUT2D eigenvalue weighted by molar-refractivity contribution is 7.89. The van der Waals surface area contributed by atoms with E-state index in [0.717, 1.165) is 17.7 Å². The van der Waals surface area contributed by atoms with Crippen molar-refractivity contribution in [1.82, 2.24) is 9.29 Å². The van der Waals surface area contributed by atoms with E-state index < -0.39 is 10.0 Å². The zero-order valence-corrected chi connectivity index (χ0v) is 20.0. The molecule has 0 aliphatic carbocycles. The molecule has 6 nitrogen and oxygen atoms in total. The van der Waals surface area contributed by atoms with Gasteiger partial charge in [0.15, 0.2) is 5.13 Å². The van der Waals surface area contributed by atoms with Crippen molar-refractivity contribution in [3.05, 3.63) is 64.5 Å². The average Bonchev–Trinajstić information content (AvgIpc) is 3.28. The zero-order valence-electron chi connectivity index (χ0n) is 17.6. The number of hydrogen-bond donors (Lipinski definition) is 1. The number of hydrogen-bond acceptors (Lipinski definition) is 5. The Morgan fingerprint density at radius 2 is 1.78 bits per heavy atom. The van der Waals surface area contributed by atoms with Crippen LogP contribution in [0.25, 0.3) is 11.3 Å². The molecule has 0 spiro atoms. The van der Waals surface area contributed by atoms with Crippen molar-refractivity contribution in [2.24, 2.45) is 5.92 Å². The summed E-state index contributed by atoms with van der Waals surface area (Å²) in [6, 6.07) is 14.4. The highest BCUT2D eigenvalue weighted by Gasteiger charge is 2.32. The molecule has 0 radical (unpaired) electrons. The van der Waals surface area contributed by atoms with E-state index in [1.54, 1.807) is 12.1 Å². The van der Waals surface area contributed by atoms with Crippen molar-refractivity contribution in [3.63, 3.8) is 0 Å². The average molecular weight is 490 g/mol. The Labute approximate surface area is 197 Å². The smallest absolute Gasteiger partial charge is 0.243 e. The van der Waals surface area contributed by atoms with Crippen LogP contribution < -0.4 is 5.32 Å². The van der Waals surface area contributed by atoms with Crippen LogP contribution in [0.1, 0.15) is 25.3 Å². The Hall–Kier alpha value is -2.26. The van der Waals surface area contributed by atoms with Crippen LogP contribution in [-0.2, 0) is 21.2 Å². The summed E-state index contributed by atoms with van der Waals surface area (Å²) in [4.78, 5) is 17.5. The van der Waals surface area contributed by atoms with Crippen LogP contribution in [0, 0.1) is 5.92 Å². The Balaban J connectivity index is 1.35. The van der Waals surface area contributed by atoms with E-state index in [0.29, 0.717) is 36.1 Å². The van der Waals surface area contributed by atoms with Crippen LogP contribution >= 0.6 is 22.9 Å². The normalized spacial score (nSPS) is 15.6. The molecule has 0 saturated carbocycles. The molecule has 0 unspecified atom stereocenters. The zero-order chi connectivity index (χ0) is 22.7. The summed E-state index contributed by atoms with van der Waals surface area (Å²) in [6.07, 6.45) is 1.92. The van der Waals surface area contributed by atoms with Gasteiger partial charge in [-0.2, -0.15) is 4.31 Å². The summed E-state index contributed by atoms with van der Waals surface area (Å²) in [5.74, 6) is -0.362. The number of nitrogens with zero attached hydrogens (tertiary/aromatic N) is 2. The van der Waals surface area contributed by atoms with Crippen LogP contribution in [-0.4, -0.2) is 36.7 Å². The van der Waals surface area contributed by atoms with Gasteiger partial charge < -0.3 is 5.32 Å². The summed E-state index contributed by atoms with van der Waals surface area (Å²) >= 11 is 7.25. The molecule has 2 heterocycles. The number of thiazole rings is 1. The van der Waals surface area contributed by atoms with Crippen molar-refractivity contribution in [2.75, 3.05) is 18.4 Å². The first-order valence-electron chi connectivity index (χ1n) is 10.5. The maximum absolute atomic E-state index is 12.8. The minimum Gasteiger partial charge on any atom is -0.302 e. The molecule has 32 heavy (non-hydrogen) atoms. The predicted octanol–water partition coefficient (Wildman–Crippen LogP) is 5.07. The molecular formula is C23H24ClN3O3S2. The van der Waals surface area contributed by atoms with Crippen molar-refractivity contribution >= 4 is 44.0 Å². The molecule has 9 heteroatoms. The van der Waals surface area contributed by atoms with Crippen LogP contribution in [0.15, 0.2) is 58.8 Å². The minimum atomic E-state index is -3.59. The van der Waals surface area contributed by atoms with E-state index in [2.05, 4.69) is 29.4 Å². The molecule has 2 aromatic carbocycles. The number of amides is 1. The van der Waals surface area contributed by atoms with Gasteiger partial charge in [-0.25, -0.2) is 13.4 Å². The Kier molecular flexibility index (Phi) is 6.95. The molecule has 1 fully saturated rings. The van der Waals surface area contributed by atoms with Crippen molar-refractivity contribution < 1.29 is 13.2 Å². The maximum atomic E-state index is 12.8. The number of sulfonamides is 1. The van der Waals surface area contributed by atoms with Crippen molar-refractivity contribution in [3.8, 4) is 11.3 Å². The molecule has 4 rings (SSSR count). The molecule has 0 atom stereocenters. The summed E-state index contributed by atoms with van der Waals surface area (Å²) in [6.45, 7) is 2.72. The fourth-order valence-electron chi connectivity index (χ4n) is 3.70. The highest BCUT2D eigenvalue weighted by atomic mass is 35.5. The number of carbonyl (C=O) groups is 1. The van der Waals surface area contributed by atoms with Crippen molar-refractivity contribution in [1.29, 1.82) is 0 Å². The van der Waals surface area contributed by atoms with Gasteiger partial charge in [0.25, 0.3) is 0 Å². The van der Waals surface area contributed by atoms with E-state index in [1.165, 1.54) is 33.3 Å². The van der Waals surface area contributed by atoms with Crippen LogP contribution in [0.4, 0.5) is 5.13 Å². The molecule has 3 aromatic rings. The number of aromatic nitrogens is 1. The molecular weight excluding hydrogens is 466 g/mol. The summed E-state index contributed by atoms with van der Waals surface area (Å²) in [7, 11) is -3.59. The van der Waals surface area contributed by atoms with Gasteiger partial charge in [0, 0.05) is 35.0 Å². The number of nitrogens with one attached hydrogen (secondary N) is 1. The number of rotatable bonds is 6. The molecule has 1 aliphatic rings. The lowest BCUT2D eigenvalue weighted by atomic mass is 9.97. The maximum Gasteiger partial charge on any atom is 0.243 e. The van der Waals surface area contributed by atoms with Crippen LogP contribution in [0.2, 0.25) is 5.02 Å². The molecule has 0 bridgehead atoms. The molecule has 1 saturated heterocycles. The van der Waals surface area contributed by atoms with E-state index in [-0.39, 0.29) is 16.7 Å². The molecule has 1 N–H and O–H groups in total. The predicted molar refractivity (Wildman–Crippen MR) is 128 cm³/mol. The van der Waals surface area contributed by atoms with Gasteiger partial charge in [0.2, 0.25) is 15.9 Å². The van der Waals surface area contributed by atoms with Gasteiger partial charge in [-0.1, -0.05) is 42.8 Å². The first kappa shape index (κ1) is 22.9. The fourth-order valence-corrected chi connectivity index (χ4v) is 6.01. The van der Waals surface area contributed by atoms with E-state index in [1.807, 2.05) is 17.5 Å². The lowest BCUT2D eigenvalue weighted by Gasteiger charge is -2.30. The highest BCUT2D eigenvalue weighted by Crippen LogP contribution is 2.28. The second kappa shape index (κ2) is 9.70. The number of piperidine rings is 1. The summed E-state index contributed by atoms with van der Waals surface area (Å²) in [5, 5.41) is 5.87. The van der Waals surface area contributed by atoms with Gasteiger partial charge in [0.1, 0.15) is 0 Å². The van der Waals surface area contributed by atoms with Crippen LogP contribution in [0.5, 0.6) is 0 Å². The Bertz CT molecular complexity index is 1180. The first-order valence-corrected chi connectivity index (χ1v) is 13.2. The van der Waals surface area contributed by atoms with Gasteiger partial charge in [-0.3, -0.25) is 4.79 Å². The molecule has 1 aliphatic heterocycles. The van der Waals surface area contributed by atoms with Gasteiger partial charge in [-0.15, -0.1) is 11.3 Å². The third kappa shape index (κ3) is 5.04. The largest absolute Gasteiger partial charge is 0.302 e. The summed E-state index contributed by atoms with van der Waals surface area (Å²) < 4.78 is 27.1. The molecule has 1 amide bonds. The van der Waals surface area contributed by atoms with Gasteiger partial charge in [0.05, 0.1) is 10.6 Å². The number of carbonyl (C=O) groups excluding carboxylic acids is 1. The molecule has 1 aromatic heterocycles. The third-order valence-corrected chi connectivity index (χ3v) is 8.59. The van der Waals surface area contributed by atoms with Crippen molar-refractivity contribution in [2.45, 2.75) is 31.1 Å². The SMILES string of the molecule is CCc1ccc(-c2csc(NC(=O)C3CCN(S(=O)(=O)c4ccc(Cl)cc4)CC3)n2)cc1. The standard InChI is InChI=1S/C23H24ClN3O3S2/c1-2-16-3-5-17(6-4-16)21-15-31-23(25-21)26-22(28)18-11-13-27(14-12-18)32(29,30)20-9-7-19(24)8-10-20/h3-10,15,18H,2,11-14H2,1H3,(H,25,26,28). The van der Waals surface area contributed by atoms with Crippen LogP contribution in [0.3, 0.4) is 0 Å². The van der Waals surface area contributed by atoms with Gasteiger partial charge >= 0.3 is 0 Å². The van der Waals surface area contributed by atoms with E-state index in [9.17, 15) is 13.2 Å². The van der Waals surface area contributed by atoms with E-state index in [4.69, 9.17) is 11.6 Å². The second-order valence-corrected chi connectivity index (χ2v) is 10.9. The summed E-state index contributed by atoms with van der Waals surface area (Å²) in [5.41, 5.74) is 3.11. The topological polar surface area (TPSA) is 79.4 Å². The Morgan fingerprint density at radius 3 is 2.41 bits per heavy atom. The molecule has 168 valence electrons. The second-order valence-electron chi connectivity index (χ2n) is 7.71.